The summed E-state index contributed by atoms with van der Waals surface area (Å²) in [6, 6.07) is 16.0. The summed E-state index contributed by atoms with van der Waals surface area (Å²) < 4.78 is 5.25. The maximum absolute atomic E-state index is 13.0. The Kier molecular flexibility index (Phi) is 4.18. The van der Waals surface area contributed by atoms with Crippen LogP contribution in [0, 0.1) is 0 Å². The molecule has 2 aromatic carbocycles. The number of H-pyrrole nitrogens is 1. The number of ether oxygens (including phenoxy) is 1. The molecule has 128 valence electrons. The quantitative estimate of drug-likeness (QED) is 0.783. The molecule has 1 amide bonds. The Labute approximate surface area is 147 Å². The molecule has 1 atom stereocenters. The summed E-state index contributed by atoms with van der Waals surface area (Å²) in [5.41, 5.74) is 3.14. The summed E-state index contributed by atoms with van der Waals surface area (Å²) in [7, 11) is 1.62. The first kappa shape index (κ1) is 15.8. The summed E-state index contributed by atoms with van der Waals surface area (Å²) >= 11 is 0. The Morgan fingerprint density at radius 2 is 2.12 bits per heavy atom. The van der Waals surface area contributed by atoms with Crippen LogP contribution in [0.1, 0.15) is 28.8 Å². The third-order valence-corrected chi connectivity index (χ3v) is 5.09. The monoisotopic (exact) mass is 334 g/mol. The molecule has 0 saturated carbocycles. The van der Waals surface area contributed by atoms with Crippen molar-refractivity contribution in [3.05, 3.63) is 65.9 Å². The van der Waals surface area contributed by atoms with Crippen LogP contribution in [0.25, 0.3) is 10.9 Å². The van der Waals surface area contributed by atoms with Crippen LogP contribution in [-0.4, -0.2) is 35.5 Å². The zero-order valence-electron chi connectivity index (χ0n) is 14.4. The molecule has 3 aromatic rings. The highest BCUT2D eigenvalue weighted by Gasteiger charge is 2.30. The fourth-order valence-corrected chi connectivity index (χ4v) is 3.79. The maximum atomic E-state index is 13.0. The molecule has 0 spiro atoms. The highest BCUT2D eigenvalue weighted by atomic mass is 16.5. The van der Waals surface area contributed by atoms with Gasteiger partial charge in [-0.25, -0.2) is 0 Å². The number of likely N-dealkylation sites (tertiary alicyclic amines) is 1. The third-order valence-electron chi connectivity index (χ3n) is 5.09. The summed E-state index contributed by atoms with van der Waals surface area (Å²) in [6.45, 7) is 0.822. The van der Waals surface area contributed by atoms with E-state index in [2.05, 4.69) is 29.4 Å². The van der Waals surface area contributed by atoms with Gasteiger partial charge in [0, 0.05) is 35.2 Å². The summed E-state index contributed by atoms with van der Waals surface area (Å²) in [5, 5.41) is 1.25. The van der Waals surface area contributed by atoms with Crippen LogP contribution in [0.15, 0.2) is 54.7 Å². The lowest BCUT2D eigenvalue weighted by atomic mass is 10.0. The number of carbonyl (C=O) groups excluding carboxylic acids is 1. The lowest BCUT2D eigenvalue weighted by molar-refractivity contribution is 0.0736. The molecule has 4 rings (SSSR count). The van der Waals surface area contributed by atoms with Gasteiger partial charge in [0.2, 0.25) is 0 Å². The van der Waals surface area contributed by atoms with Crippen molar-refractivity contribution in [1.82, 2.24) is 9.88 Å². The summed E-state index contributed by atoms with van der Waals surface area (Å²) in [6.07, 6.45) is 5.08. The molecule has 0 bridgehead atoms. The highest BCUT2D eigenvalue weighted by molar-refractivity contribution is 5.95. The average Bonchev–Trinajstić information content (AvgIpc) is 3.29. The number of methoxy groups -OCH3 is 1. The van der Waals surface area contributed by atoms with Crippen LogP contribution in [0.2, 0.25) is 0 Å². The Hall–Kier alpha value is -2.75. The van der Waals surface area contributed by atoms with E-state index < -0.39 is 0 Å². The van der Waals surface area contributed by atoms with Gasteiger partial charge in [-0.1, -0.05) is 24.3 Å². The molecular weight excluding hydrogens is 312 g/mol. The maximum Gasteiger partial charge on any atom is 0.254 e. The van der Waals surface area contributed by atoms with E-state index in [0.29, 0.717) is 5.56 Å². The lowest BCUT2D eigenvalue weighted by Gasteiger charge is -2.25. The fourth-order valence-electron chi connectivity index (χ4n) is 3.79. The van der Waals surface area contributed by atoms with E-state index in [1.54, 1.807) is 7.11 Å². The van der Waals surface area contributed by atoms with E-state index >= 15 is 0 Å². The molecule has 1 aliphatic rings. The number of nitrogens with zero attached hydrogens (tertiary/aromatic N) is 1. The van der Waals surface area contributed by atoms with Crippen LogP contribution in [-0.2, 0) is 6.42 Å². The first-order valence-electron chi connectivity index (χ1n) is 8.76. The number of aromatic nitrogens is 1. The molecule has 1 unspecified atom stereocenters. The van der Waals surface area contributed by atoms with Crippen molar-refractivity contribution in [2.75, 3.05) is 13.7 Å². The summed E-state index contributed by atoms with van der Waals surface area (Å²) in [5.74, 6) is 0.819. The molecule has 1 N–H and O–H groups in total. The molecule has 4 heteroatoms. The normalized spacial score (nSPS) is 17.2. The molecule has 4 nitrogen and oxygen atoms in total. The van der Waals surface area contributed by atoms with Crippen molar-refractivity contribution in [3.8, 4) is 5.75 Å². The number of hydrogen-bond acceptors (Lipinski definition) is 2. The van der Waals surface area contributed by atoms with Gasteiger partial charge < -0.3 is 14.6 Å². The Morgan fingerprint density at radius 3 is 3.00 bits per heavy atom. The van der Waals surface area contributed by atoms with Gasteiger partial charge in [-0.05, 0) is 49.1 Å². The van der Waals surface area contributed by atoms with Crippen LogP contribution >= 0.6 is 0 Å². The second kappa shape index (κ2) is 6.63. The first-order valence-corrected chi connectivity index (χ1v) is 8.76. The Bertz CT molecular complexity index is 900. The zero-order chi connectivity index (χ0) is 17.2. The molecule has 25 heavy (non-hydrogen) atoms. The summed E-state index contributed by atoms with van der Waals surface area (Å²) in [4.78, 5) is 18.3. The predicted octanol–water partition coefficient (Wildman–Crippen LogP) is 4.02. The number of benzene rings is 2. The Balaban J connectivity index is 1.56. The molecule has 0 radical (unpaired) electrons. The predicted molar refractivity (Wildman–Crippen MR) is 99.1 cm³/mol. The van der Waals surface area contributed by atoms with Crippen molar-refractivity contribution >= 4 is 16.8 Å². The third kappa shape index (κ3) is 3.00. The van der Waals surface area contributed by atoms with E-state index in [1.165, 1.54) is 10.9 Å². The fraction of sp³-hybridized carbons (Fsp3) is 0.286. The molecular formula is C21H22N2O2. The van der Waals surface area contributed by atoms with Gasteiger partial charge in [0.05, 0.1) is 7.11 Å². The van der Waals surface area contributed by atoms with Gasteiger partial charge in [-0.15, -0.1) is 0 Å². The number of nitrogens with one attached hydrogen (secondary N) is 1. The van der Waals surface area contributed by atoms with Crippen LogP contribution in [0.3, 0.4) is 0 Å². The van der Waals surface area contributed by atoms with Crippen LogP contribution in [0.4, 0.5) is 0 Å². The molecule has 0 aliphatic carbocycles. The van der Waals surface area contributed by atoms with Gasteiger partial charge in [-0.2, -0.15) is 0 Å². The van der Waals surface area contributed by atoms with Gasteiger partial charge in [0.15, 0.2) is 0 Å². The smallest absolute Gasteiger partial charge is 0.254 e. The average molecular weight is 334 g/mol. The van der Waals surface area contributed by atoms with Crippen molar-refractivity contribution in [3.63, 3.8) is 0 Å². The van der Waals surface area contributed by atoms with Crippen molar-refractivity contribution < 1.29 is 9.53 Å². The minimum absolute atomic E-state index is 0.0984. The lowest BCUT2D eigenvalue weighted by Crippen LogP contribution is -2.36. The van der Waals surface area contributed by atoms with Crippen molar-refractivity contribution in [1.29, 1.82) is 0 Å². The largest absolute Gasteiger partial charge is 0.497 e. The molecule has 1 aromatic heterocycles. The number of amides is 1. The van der Waals surface area contributed by atoms with E-state index in [1.807, 2.05) is 35.2 Å². The number of rotatable bonds is 4. The second-order valence-electron chi connectivity index (χ2n) is 6.59. The van der Waals surface area contributed by atoms with Crippen molar-refractivity contribution in [2.45, 2.75) is 25.3 Å². The molecule has 2 heterocycles. The minimum Gasteiger partial charge on any atom is -0.497 e. The first-order chi connectivity index (χ1) is 12.3. The minimum atomic E-state index is 0.0984. The van der Waals surface area contributed by atoms with Gasteiger partial charge in [-0.3, -0.25) is 4.79 Å². The number of para-hydroxylation sites is 1. The number of hydrogen-bond donors (Lipinski definition) is 1. The molecule has 1 aliphatic heterocycles. The van der Waals surface area contributed by atoms with E-state index in [4.69, 9.17) is 4.74 Å². The Morgan fingerprint density at radius 1 is 1.24 bits per heavy atom. The number of carbonyl (C=O) groups is 1. The topological polar surface area (TPSA) is 45.3 Å². The second-order valence-corrected chi connectivity index (χ2v) is 6.59. The van der Waals surface area contributed by atoms with E-state index in [9.17, 15) is 4.79 Å². The van der Waals surface area contributed by atoms with Gasteiger partial charge >= 0.3 is 0 Å². The van der Waals surface area contributed by atoms with Crippen LogP contribution < -0.4 is 4.74 Å². The zero-order valence-corrected chi connectivity index (χ0v) is 14.4. The van der Waals surface area contributed by atoms with Crippen molar-refractivity contribution in [2.24, 2.45) is 0 Å². The number of fused-ring (bicyclic) bond motifs is 1. The van der Waals surface area contributed by atoms with Gasteiger partial charge in [0.25, 0.3) is 5.91 Å². The molecule has 1 saturated heterocycles. The van der Waals surface area contributed by atoms with Crippen LogP contribution in [0.5, 0.6) is 5.75 Å². The van der Waals surface area contributed by atoms with E-state index in [0.717, 1.165) is 37.1 Å². The highest BCUT2D eigenvalue weighted by Crippen LogP contribution is 2.27. The molecule has 1 fully saturated rings. The number of aromatic amines is 1. The van der Waals surface area contributed by atoms with Gasteiger partial charge in [0.1, 0.15) is 5.75 Å². The van der Waals surface area contributed by atoms with E-state index in [-0.39, 0.29) is 11.9 Å². The SMILES string of the molecule is COc1cccc(C(=O)N2CCCC2Cc2c[nH]c3ccccc23)c1. The standard InChI is InChI=1S/C21H22N2O2/c1-25-18-8-4-6-15(13-18)21(24)23-11-5-7-17(23)12-16-14-22-20-10-3-2-9-19(16)20/h2-4,6,8-10,13-14,17,22H,5,7,11-12H2,1H3.